The van der Waals surface area contributed by atoms with Crippen molar-refractivity contribution in [1.29, 1.82) is 0 Å². The molecule has 0 radical (unpaired) electrons. The number of nitrogens with zero attached hydrogens (tertiary/aromatic N) is 1. The summed E-state index contributed by atoms with van der Waals surface area (Å²) >= 11 is 1.76. The van der Waals surface area contributed by atoms with Crippen molar-refractivity contribution in [2.75, 3.05) is 25.5 Å². The number of ether oxygens (including phenoxy) is 1. The molecule has 1 aliphatic rings. The number of benzene rings is 1. The molecule has 1 saturated heterocycles. The second kappa shape index (κ2) is 12.0. The van der Waals surface area contributed by atoms with E-state index in [0.29, 0.717) is 13.2 Å². The molecule has 0 aliphatic carbocycles. The zero-order valence-corrected chi connectivity index (χ0v) is 19.1. The zero-order chi connectivity index (χ0) is 18.9. The van der Waals surface area contributed by atoms with Gasteiger partial charge in [0.25, 0.3) is 5.91 Å². The van der Waals surface area contributed by atoms with Gasteiger partial charge in [-0.2, -0.15) is 0 Å². The molecule has 1 aliphatic heterocycles. The lowest BCUT2D eigenvalue weighted by molar-refractivity contribution is -0.124. The Morgan fingerprint density at radius 3 is 2.89 bits per heavy atom. The van der Waals surface area contributed by atoms with Crippen LogP contribution in [0.15, 0.2) is 46.8 Å². The Morgan fingerprint density at radius 2 is 2.18 bits per heavy atom. The van der Waals surface area contributed by atoms with Gasteiger partial charge in [0.2, 0.25) is 0 Å². The monoisotopic (exact) mass is 514 g/mol. The summed E-state index contributed by atoms with van der Waals surface area (Å²) in [7, 11) is 1.76. The molecule has 0 saturated carbocycles. The molecule has 28 heavy (non-hydrogen) atoms. The third-order valence-corrected chi connectivity index (χ3v) is 5.28. The van der Waals surface area contributed by atoms with Crippen molar-refractivity contribution >= 4 is 52.9 Å². The number of nitrogens with one attached hydrogen (secondary N) is 3. The van der Waals surface area contributed by atoms with Gasteiger partial charge in [-0.05, 0) is 48.4 Å². The minimum absolute atomic E-state index is 0. The van der Waals surface area contributed by atoms with Crippen LogP contribution in [0, 0.1) is 0 Å². The van der Waals surface area contributed by atoms with E-state index in [0.717, 1.165) is 43.0 Å². The molecule has 1 atom stereocenters. The number of guanidine groups is 1. The first-order valence-corrected chi connectivity index (χ1v) is 10.1. The molecule has 8 heteroatoms. The first-order chi connectivity index (χ1) is 13.2. The standard InChI is InChI=1S/C20H26N4O2S.HI/c1-21-20(22-10-9-17-7-4-12-27-17)23-14-15-5-2-6-16(13-15)24-19(25)18-8-3-11-26-18;/h2,4-7,12-13,18H,3,8-11,14H2,1H3,(H,24,25)(H2,21,22,23);1H. The largest absolute Gasteiger partial charge is 0.368 e. The lowest BCUT2D eigenvalue weighted by Gasteiger charge is -2.13. The number of aliphatic imine (C=N–C) groups is 1. The molecule has 152 valence electrons. The van der Waals surface area contributed by atoms with E-state index in [4.69, 9.17) is 4.74 Å². The van der Waals surface area contributed by atoms with Gasteiger partial charge in [0.05, 0.1) is 0 Å². The van der Waals surface area contributed by atoms with Gasteiger partial charge in [-0.1, -0.05) is 18.2 Å². The Kier molecular flexibility index (Phi) is 9.72. The molecule has 1 fully saturated rings. The topological polar surface area (TPSA) is 74.8 Å². The van der Waals surface area contributed by atoms with Crippen LogP contribution < -0.4 is 16.0 Å². The smallest absolute Gasteiger partial charge is 0.253 e. The third-order valence-electron chi connectivity index (χ3n) is 4.34. The summed E-state index contributed by atoms with van der Waals surface area (Å²) in [6, 6.07) is 12.0. The Hall–Kier alpha value is -1.65. The molecule has 6 nitrogen and oxygen atoms in total. The maximum atomic E-state index is 12.2. The predicted octanol–water partition coefficient (Wildman–Crippen LogP) is 3.39. The van der Waals surface area contributed by atoms with E-state index in [1.807, 2.05) is 24.3 Å². The van der Waals surface area contributed by atoms with Crippen LogP contribution in [0.5, 0.6) is 0 Å². The van der Waals surface area contributed by atoms with Crippen molar-refractivity contribution in [2.24, 2.45) is 4.99 Å². The Labute approximate surface area is 187 Å². The van der Waals surface area contributed by atoms with E-state index < -0.39 is 0 Å². The van der Waals surface area contributed by atoms with E-state index >= 15 is 0 Å². The van der Waals surface area contributed by atoms with Crippen molar-refractivity contribution in [2.45, 2.75) is 31.9 Å². The molecular weight excluding hydrogens is 487 g/mol. The Morgan fingerprint density at radius 1 is 1.29 bits per heavy atom. The first-order valence-electron chi connectivity index (χ1n) is 9.23. The van der Waals surface area contributed by atoms with E-state index in [-0.39, 0.29) is 36.0 Å². The summed E-state index contributed by atoms with van der Waals surface area (Å²) in [6.45, 7) is 2.13. The highest BCUT2D eigenvalue weighted by atomic mass is 127. The lowest BCUT2D eigenvalue weighted by atomic mass is 10.2. The summed E-state index contributed by atoms with van der Waals surface area (Å²) in [5.41, 5.74) is 1.86. The molecule has 3 N–H and O–H groups in total. The highest BCUT2D eigenvalue weighted by molar-refractivity contribution is 14.0. The molecule has 0 bridgehead atoms. The minimum atomic E-state index is -0.321. The van der Waals surface area contributed by atoms with E-state index in [1.54, 1.807) is 18.4 Å². The second-order valence-corrected chi connectivity index (χ2v) is 7.41. The highest BCUT2D eigenvalue weighted by Gasteiger charge is 2.23. The van der Waals surface area contributed by atoms with Crippen LogP contribution in [-0.2, 0) is 22.5 Å². The minimum Gasteiger partial charge on any atom is -0.368 e. The van der Waals surface area contributed by atoms with Crippen molar-refractivity contribution in [3.8, 4) is 0 Å². The van der Waals surface area contributed by atoms with Gasteiger partial charge >= 0.3 is 0 Å². The van der Waals surface area contributed by atoms with Gasteiger partial charge in [-0.3, -0.25) is 9.79 Å². The molecule has 2 heterocycles. The van der Waals surface area contributed by atoms with E-state index in [2.05, 4.69) is 38.5 Å². The van der Waals surface area contributed by atoms with Crippen molar-refractivity contribution in [3.05, 3.63) is 52.2 Å². The maximum absolute atomic E-state index is 12.2. The fraction of sp³-hybridized carbons (Fsp3) is 0.400. The molecule has 1 unspecified atom stereocenters. The van der Waals surface area contributed by atoms with Gasteiger partial charge in [-0.25, -0.2) is 0 Å². The number of thiophene rings is 1. The van der Waals surface area contributed by atoms with Crippen LogP contribution in [0.4, 0.5) is 5.69 Å². The van der Waals surface area contributed by atoms with Crippen molar-refractivity contribution in [3.63, 3.8) is 0 Å². The number of carbonyl (C=O) groups is 1. The molecular formula is C20H27IN4O2S. The summed E-state index contributed by atoms with van der Waals surface area (Å²) < 4.78 is 5.43. The number of hydrogen-bond acceptors (Lipinski definition) is 4. The predicted molar refractivity (Wildman–Crippen MR) is 126 cm³/mol. The SMILES string of the molecule is CN=C(NCCc1cccs1)NCc1cccc(NC(=O)C2CCCO2)c1.I. The average Bonchev–Trinajstić information content (AvgIpc) is 3.38. The molecule has 0 spiro atoms. The second-order valence-electron chi connectivity index (χ2n) is 6.37. The number of rotatable bonds is 7. The highest BCUT2D eigenvalue weighted by Crippen LogP contribution is 2.16. The van der Waals surface area contributed by atoms with Crippen LogP contribution in [0.1, 0.15) is 23.3 Å². The van der Waals surface area contributed by atoms with Crippen LogP contribution in [0.2, 0.25) is 0 Å². The zero-order valence-electron chi connectivity index (χ0n) is 15.9. The van der Waals surface area contributed by atoms with Crippen molar-refractivity contribution < 1.29 is 9.53 Å². The van der Waals surface area contributed by atoms with Gasteiger partial charge in [-0.15, -0.1) is 35.3 Å². The number of hydrogen-bond donors (Lipinski definition) is 3. The number of halogens is 1. The summed E-state index contributed by atoms with van der Waals surface area (Å²) in [6.07, 6.45) is 2.39. The molecule has 1 aromatic heterocycles. The van der Waals surface area contributed by atoms with Crippen molar-refractivity contribution in [1.82, 2.24) is 10.6 Å². The van der Waals surface area contributed by atoms with E-state index in [9.17, 15) is 4.79 Å². The summed E-state index contributed by atoms with van der Waals surface area (Å²) in [5.74, 6) is 0.698. The molecule has 1 aromatic carbocycles. The van der Waals surface area contributed by atoms with Gasteiger partial charge in [0.1, 0.15) is 6.10 Å². The summed E-state index contributed by atoms with van der Waals surface area (Å²) in [4.78, 5) is 17.8. The molecule has 1 amide bonds. The molecule has 3 rings (SSSR count). The van der Waals surface area contributed by atoms with Gasteiger partial charge in [0, 0.05) is 37.3 Å². The summed E-state index contributed by atoms with van der Waals surface area (Å²) in [5, 5.41) is 11.7. The van der Waals surface area contributed by atoms with Gasteiger partial charge < -0.3 is 20.7 Å². The lowest BCUT2D eigenvalue weighted by Crippen LogP contribution is -2.37. The fourth-order valence-electron chi connectivity index (χ4n) is 2.93. The maximum Gasteiger partial charge on any atom is 0.253 e. The Bertz CT molecular complexity index is 761. The fourth-order valence-corrected chi connectivity index (χ4v) is 3.64. The van der Waals surface area contributed by atoms with Crippen LogP contribution in [0.3, 0.4) is 0 Å². The quantitative estimate of drug-likeness (QED) is 0.301. The third kappa shape index (κ3) is 7.06. The first kappa shape index (κ1) is 22.6. The Balaban J connectivity index is 0.00000280. The number of carbonyl (C=O) groups excluding carboxylic acids is 1. The van der Waals surface area contributed by atoms with Crippen LogP contribution >= 0.6 is 35.3 Å². The van der Waals surface area contributed by atoms with Gasteiger partial charge in [0.15, 0.2) is 5.96 Å². The average molecular weight is 514 g/mol. The number of amides is 1. The van der Waals surface area contributed by atoms with Crippen LogP contribution in [-0.4, -0.2) is 38.2 Å². The normalized spacial score (nSPS) is 16.3. The van der Waals surface area contributed by atoms with E-state index in [1.165, 1.54) is 4.88 Å². The molecule has 2 aromatic rings. The van der Waals surface area contributed by atoms with Crippen LogP contribution in [0.25, 0.3) is 0 Å². The number of anilines is 1.